The zero-order valence-electron chi connectivity index (χ0n) is 12.9. The SMILES string of the molecule is CC(C)(C)OC(=O)NC1CC(Nc2ccc(C#N)cc2F)C1. The van der Waals surface area contributed by atoms with Crippen LogP contribution in [-0.2, 0) is 4.74 Å². The summed E-state index contributed by atoms with van der Waals surface area (Å²) in [6, 6.07) is 6.36. The van der Waals surface area contributed by atoms with Crippen molar-refractivity contribution in [1.82, 2.24) is 5.32 Å². The average Bonchev–Trinajstić information content (AvgIpc) is 2.35. The number of benzene rings is 1. The van der Waals surface area contributed by atoms with E-state index in [1.165, 1.54) is 6.07 Å². The fraction of sp³-hybridized carbons (Fsp3) is 0.500. The molecule has 1 saturated carbocycles. The van der Waals surface area contributed by atoms with Crippen molar-refractivity contribution in [1.29, 1.82) is 5.26 Å². The lowest BCUT2D eigenvalue weighted by Gasteiger charge is -2.37. The van der Waals surface area contributed by atoms with Crippen molar-refractivity contribution in [2.45, 2.75) is 51.3 Å². The molecule has 0 bridgehead atoms. The summed E-state index contributed by atoms with van der Waals surface area (Å²) in [6.45, 7) is 5.43. The highest BCUT2D eigenvalue weighted by Gasteiger charge is 2.32. The number of carbonyl (C=O) groups is 1. The van der Waals surface area contributed by atoms with E-state index >= 15 is 0 Å². The molecule has 6 heteroatoms. The largest absolute Gasteiger partial charge is 0.444 e. The lowest BCUT2D eigenvalue weighted by molar-refractivity contribution is 0.0475. The van der Waals surface area contributed by atoms with E-state index in [-0.39, 0.29) is 12.1 Å². The summed E-state index contributed by atoms with van der Waals surface area (Å²) < 4.78 is 18.9. The monoisotopic (exact) mass is 305 g/mol. The second kappa shape index (κ2) is 6.22. The van der Waals surface area contributed by atoms with Crippen LogP contribution in [0.1, 0.15) is 39.2 Å². The predicted molar refractivity (Wildman–Crippen MR) is 80.9 cm³/mol. The molecule has 2 N–H and O–H groups in total. The molecule has 1 aliphatic carbocycles. The predicted octanol–water partition coefficient (Wildman–Crippen LogP) is 3.16. The highest BCUT2D eigenvalue weighted by Crippen LogP contribution is 2.26. The molecule has 0 radical (unpaired) electrons. The van der Waals surface area contributed by atoms with Crippen molar-refractivity contribution < 1.29 is 13.9 Å². The van der Waals surface area contributed by atoms with Gasteiger partial charge in [-0.05, 0) is 51.8 Å². The zero-order valence-corrected chi connectivity index (χ0v) is 12.9. The first-order valence-corrected chi connectivity index (χ1v) is 7.22. The number of nitriles is 1. The van der Waals surface area contributed by atoms with Crippen molar-refractivity contribution in [2.24, 2.45) is 0 Å². The van der Waals surface area contributed by atoms with E-state index in [1.54, 1.807) is 12.1 Å². The lowest BCUT2D eigenvalue weighted by atomic mass is 9.86. The Morgan fingerprint density at radius 2 is 2.05 bits per heavy atom. The standard InChI is InChI=1S/C16H20FN3O2/c1-16(2,3)22-15(21)20-12-7-11(8-12)19-14-5-4-10(9-18)6-13(14)17/h4-6,11-12,19H,7-8H2,1-3H3,(H,20,21). The molecule has 0 spiro atoms. The molecule has 1 aliphatic rings. The van der Waals surface area contributed by atoms with Gasteiger partial charge in [-0.25, -0.2) is 9.18 Å². The van der Waals surface area contributed by atoms with Crippen molar-refractivity contribution in [3.8, 4) is 6.07 Å². The summed E-state index contributed by atoms with van der Waals surface area (Å²) in [5.41, 5.74) is 0.151. The number of nitrogens with zero attached hydrogens (tertiary/aromatic N) is 1. The molecular weight excluding hydrogens is 285 g/mol. The van der Waals surface area contributed by atoms with Crippen LogP contribution >= 0.6 is 0 Å². The van der Waals surface area contributed by atoms with Crippen LogP contribution in [0.3, 0.4) is 0 Å². The van der Waals surface area contributed by atoms with E-state index in [9.17, 15) is 9.18 Å². The van der Waals surface area contributed by atoms with Gasteiger partial charge in [0.05, 0.1) is 17.3 Å². The van der Waals surface area contributed by atoms with Crippen molar-refractivity contribution in [2.75, 3.05) is 5.32 Å². The number of nitrogens with one attached hydrogen (secondary N) is 2. The Balaban J connectivity index is 1.78. The minimum absolute atomic E-state index is 0.0359. The van der Waals surface area contributed by atoms with E-state index in [4.69, 9.17) is 10.00 Å². The first kappa shape index (κ1) is 16.1. The van der Waals surface area contributed by atoms with Crippen LogP contribution < -0.4 is 10.6 Å². The molecule has 118 valence electrons. The Morgan fingerprint density at radius 3 is 2.59 bits per heavy atom. The maximum atomic E-state index is 13.7. The molecule has 0 unspecified atom stereocenters. The minimum atomic E-state index is -0.517. The Labute approximate surface area is 129 Å². The third-order valence-electron chi connectivity index (χ3n) is 3.32. The molecule has 1 aromatic rings. The molecule has 1 fully saturated rings. The summed E-state index contributed by atoms with van der Waals surface area (Å²) in [4.78, 5) is 11.6. The second-order valence-electron chi connectivity index (χ2n) is 6.46. The maximum absolute atomic E-state index is 13.7. The van der Waals surface area contributed by atoms with Gasteiger partial charge < -0.3 is 15.4 Å². The molecule has 0 aliphatic heterocycles. The quantitative estimate of drug-likeness (QED) is 0.899. The first-order valence-electron chi connectivity index (χ1n) is 7.22. The topological polar surface area (TPSA) is 74.2 Å². The fourth-order valence-corrected chi connectivity index (χ4v) is 2.25. The van der Waals surface area contributed by atoms with Crippen LogP contribution in [0.4, 0.5) is 14.9 Å². The number of hydrogen-bond donors (Lipinski definition) is 2. The molecule has 0 heterocycles. The summed E-state index contributed by atoms with van der Waals surface area (Å²) in [7, 11) is 0. The smallest absolute Gasteiger partial charge is 0.407 e. The van der Waals surface area contributed by atoms with Gasteiger partial charge in [0, 0.05) is 12.1 Å². The average molecular weight is 305 g/mol. The van der Waals surface area contributed by atoms with Crippen LogP contribution in [0.15, 0.2) is 18.2 Å². The Morgan fingerprint density at radius 1 is 1.36 bits per heavy atom. The third-order valence-corrected chi connectivity index (χ3v) is 3.32. The number of carbonyl (C=O) groups excluding carboxylic acids is 1. The van der Waals surface area contributed by atoms with Gasteiger partial charge in [0.2, 0.25) is 0 Å². The Kier molecular flexibility index (Phi) is 4.55. The molecule has 1 aromatic carbocycles. The fourth-order valence-electron chi connectivity index (χ4n) is 2.25. The van der Waals surface area contributed by atoms with Gasteiger partial charge in [0.25, 0.3) is 0 Å². The molecule has 0 saturated heterocycles. The summed E-state index contributed by atoms with van der Waals surface area (Å²) in [6.07, 6.45) is 0.984. The normalized spacial score (nSPS) is 20.5. The number of ether oxygens (including phenoxy) is 1. The lowest BCUT2D eigenvalue weighted by Crippen LogP contribution is -2.50. The van der Waals surface area contributed by atoms with Gasteiger partial charge in [-0.15, -0.1) is 0 Å². The van der Waals surface area contributed by atoms with E-state index in [2.05, 4.69) is 10.6 Å². The molecule has 2 rings (SSSR count). The first-order chi connectivity index (χ1) is 10.3. The third kappa shape index (κ3) is 4.35. The van der Waals surface area contributed by atoms with Gasteiger partial charge in [-0.1, -0.05) is 0 Å². The van der Waals surface area contributed by atoms with E-state index in [0.717, 1.165) is 0 Å². The summed E-state index contributed by atoms with van der Waals surface area (Å²) in [5.74, 6) is -0.442. The maximum Gasteiger partial charge on any atom is 0.407 e. The van der Waals surface area contributed by atoms with Crippen LogP contribution in [-0.4, -0.2) is 23.8 Å². The van der Waals surface area contributed by atoms with Gasteiger partial charge in [0.15, 0.2) is 0 Å². The number of anilines is 1. The van der Waals surface area contributed by atoms with Crippen molar-refractivity contribution >= 4 is 11.8 Å². The molecule has 22 heavy (non-hydrogen) atoms. The van der Waals surface area contributed by atoms with Crippen molar-refractivity contribution in [3.05, 3.63) is 29.6 Å². The second-order valence-corrected chi connectivity index (χ2v) is 6.46. The van der Waals surface area contributed by atoms with Crippen molar-refractivity contribution in [3.63, 3.8) is 0 Å². The molecular formula is C16H20FN3O2. The van der Waals surface area contributed by atoms with Crippen LogP contribution in [0.2, 0.25) is 0 Å². The van der Waals surface area contributed by atoms with Gasteiger partial charge >= 0.3 is 6.09 Å². The van der Waals surface area contributed by atoms with E-state index < -0.39 is 17.5 Å². The Hall–Kier alpha value is -2.29. The number of halogens is 1. The van der Waals surface area contributed by atoms with Gasteiger partial charge in [0.1, 0.15) is 11.4 Å². The molecule has 5 nitrogen and oxygen atoms in total. The highest BCUT2D eigenvalue weighted by atomic mass is 19.1. The Bertz CT molecular complexity index is 598. The summed E-state index contributed by atoms with van der Waals surface area (Å²) >= 11 is 0. The molecule has 1 amide bonds. The van der Waals surface area contributed by atoms with Gasteiger partial charge in [-0.2, -0.15) is 5.26 Å². The van der Waals surface area contributed by atoms with Crippen LogP contribution in [0.25, 0.3) is 0 Å². The number of rotatable bonds is 3. The minimum Gasteiger partial charge on any atom is -0.444 e. The van der Waals surface area contributed by atoms with E-state index in [0.29, 0.717) is 24.1 Å². The number of hydrogen-bond acceptors (Lipinski definition) is 4. The van der Waals surface area contributed by atoms with E-state index in [1.807, 2.05) is 26.8 Å². The number of amides is 1. The summed E-state index contributed by atoms with van der Waals surface area (Å²) in [5, 5.41) is 14.6. The molecule has 0 atom stereocenters. The zero-order chi connectivity index (χ0) is 16.3. The van der Waals surface area contributed by atoms with Gasteiger partial charge in [-0.3, -0.25) is 0 Å². The van der Waals surface area contributed by atoms with Crippen LogP contribution in [0, 0.1) is 17.1 Å². The molecule has 0 aromatic heterocycles. The number of alkyl carbamates (subject to hydrolysis) is 1. The van der Waals surface area contributed by atoms with Crippen LogP contribution in [0.5, 0.6) is 0 Å². The highest BCUT2D eigenvalue weighted by molar-refractivity contribution is 5.68.